The molecule has 2 saturated carbocycles. The van der Waals surface area contributed by atoms with Crippen molar-refractivity contribution in [2.24, 2.45) is 11.7 Å². The minimum absolute atomic E-state index is 0.0104. The topological polar surface area (TPSA) is 67.4 Å². The Hall–Kier alpha value is -2.77. The van der Waals surface area contributed by atoms with Crippen LogP contribution in [0.15, 0.2) is 42.9 Å². The average Bonchev–Trinajstić information content (AvgIpc) is 3.33. The summed E-state index contributed by atoms with van der Waals surface area (Å²) in [6, 6.07) is 7.63. The quantitative estimate of drug-likeness (QED) is 0.397. The Balaban J connectivity index is 1.37. The van der Waals surface area contributed by atoms with Gasteiger partial charge in [-0.2, -0.15) is 0 Å². The van der Waals surface area contributed by atoms with Crippen molar-refractivity contribution in [1.29, 1.82) is 0 Å². The monoisotopic (exact) mass is 533 g/mol. The van der Waals surface area contributed by atoms with Crippen LogP contribution in [0.2, 0.25) is 0 Å². The molecule has 2 heterocycles. The van der Waals surface area contributed by atoms with Gasteiger partial charge in [0, 0.05) is 49.5 Å². The summed E-state index contributed by atoms with van der Waals surface area (Å²) in [6.07, 6.45) is 15.4. The second-order valence-corrected chi connectivity index (χ2v) is 12.2. The number of fused-ring (bicyclic) bond motifs is 1. The predicted molar refractivity (Wildman–Crippen MR) is 156 cm³/mol. The van der Waals surface area contributed by atoms with Crippen molar-refractivity contribution in [3.8, 4) is 5.69 Å². The number of pyridine rings is 1. The highest BCUT2D eigenvalue weighted by atomic mass is 19.1. The summed E-state index contributed by atoms with van der Waals surface area (Å²) in [6.45, 7) is 5.10. The molecule has 2 aromatic heterocycles. The van der Waals surface area contributed by atoms with Crippen molar-refractivity contribution in [2.45, 2.75) is 89.3 Å². The zero-order valence-electron chi connectivity index (χ0n) is 23.9. The first kappa shape index (κ1) is 27.8. The lowest BCUT2D eigenvalue weighted by molar-refractivity contribution is 0.0754. The number of amides is 1. The van der Waals surface area contributed by atoms with Crippen molar-refractivity contribution < 1.29 is 9.18 Å². The number of hydrogen-bond acceptors (Lipinski definition) is 4. The van der Waals surface area contributed by atoms with E-state index in [1.807, 2.05) is 30.8 Å². The number of hydrogen-bond donors (Lipinski definition) is 1. The molecule has 39 heavy (non-hydrogen) atoms. The molecule has 1 aromatic carbocycles. The molecule has 5 rings (SSSR count). The van der Waals surface area contributed by atoms with E-state index in [0.717, 1.165) is 24.3 Å². The smallest absolute Gasteiger partial charge is 0.256 e. The van der Waals surface area contributed by atoms with Crippen LogP contribution in [-0.2, 0) is 0 Å². The first-order chi connectivity index (χ1) is 18.7. The van der Waals surface area contributed by atoms with Crippen molar-refractivity contribution in [3.63, 3.8) is 0 Å². The van der Waals surface area contributed by atoms with Crippen molar-refractivity contribution in [1.82, 2.24) is 19.4 Å². The number of nitrogens with zero attached hydrogens (tertiary/aromatic N) is 4. The van der Waals surface area contributed by atoms with Gasteiger partial charge < -0.3 is 20.1 Å². The number of aromatic nitrogens is 2. The highest BCUT2D eigenvalue weighted by Crippen LogP contribution is 2.40. The molecular formula is C32H44FN5O. The Kier molecular flexibility index (Phi) is 8.38. The molecule has 210 valence electrons. The third-order valence-corrected chi connectivity index (χ3v) is 9.38. The second kappa shape index (κ2) is 11.8. The minimum atomic E-state index is -0.410. The van der Waals surface area contributed by atoms with Gasteiger partial charge in [-0.1, -0.05) is 0 Å². The molecule has 0 radical (unpaired) electrons. The first-order valence-electron chi connectivity index (χ1n) is 14.7. The number of nitrogens with two attached hydrogens (primary N) is 1. The molecule has 2 aliphatic rings. The Morgan fingerprint density at radius 2 is 1.79 bits per heavy atom. The van der Waals surface area contributed by atoms with Crippen molar-refractivity contribution in [3.05, 3.63) is 59.8 Å². The van der Waals surface area contributed by atoms with E-state index in [4.69, 9.17) is 5.73 Å². The van der Waals surface area contributed by atoms with Crippen LogP contribution >= 0.6 is 0 Å². The van der Waals surface area contributed by atoms with Gasteiger partial charge in [-0.05, 0) is 114 Å². The number of benzene rings is 1. The lowest BCUT2D eigenvalue weighted by Crippen LogP contribution is -2.39. The SMILES string of the molecule is CC(C)N(C)C(=O)c1cc(F)ccc1-n1cc(C2CCC(N(C)C[C@H]3CC[C@H](N)CC3)CC2)c2ccncc21. The highest BCUT2D eigenvalue weighted by Gasteiger charge is 2.30. The zero-order chi connectivity index (χ0) is 27.7. The van der Waals surface area contributed by atoms with Crippen molar-refractivity contribution >= 4 is 16.8 Å². The first-order valence-corrected chi connectivity index (χ1v) is 14.7. The lowest BCUT2D eigenvalue weighted by atomic mass is 9.80. The zero-order valence-corrected chi connectivity index (χ0v) is 23.9. The number of carbonyl (C=O) groups is 1. The Morgan fingerprint density at radius 1 is 1.08 bits per heavy atom. The summed E-state index contributed by atoms with van der Waals surface area (Å²) in [5.41, 5.74) is 9.44. The standard InChI is InChI=1S/C32H44FN5O/c1-21(2)37(4)32(39)28-17-24(33)9-14-30(28)38-20-29(27-15-16-35-18-31(27)38)23-7-12-26(13-8-23)36(3)19-22-5-10-25(34)11-6-22/h9,14-18,20-23,25-26H,5-8,10-13,19,34H2,1-4H3/t22-,23?,25-,26?. The maximum atomic E-state index is 14.4. The maximum absolute atomic E-state index is 14.4. The van der Waals surface area contributed by atoms with Gasteiger partial charge >= 0.3 is 0 Å². The van der Waals surface area contributed by atoms with E-state index in [1.165, 1.54) is 68.2 Å². The van der Waals surface area contributed by atoms with Crippen LogP contribution in [0.5, 0.6) is 0 Å². The second-order valence-electron chi connectivity index (χ2n) is 12.2. The Morgan fingerprint density at radius 3 is 2.49 bits per heavy atom. The molecule has 2 fully saturated rings. The number of rotatable bonds is 7. The molecule has 3 aromatic rings. The Labute approximate surface area is 232 Å². The van der Waals surface area contributed by atoms with E-state index in [9.17, 15) is 9.18 Å². The molecule has 0 saturated heterocycles. The fourth-order valence-corrected chi connectivity index (χ4v) is 6.69. The van der Waals surface area contributed by atoms with E-state index < -0.39 is 5.82 Å². The largest absolute Gasteiger partial charge is 0.339 e. The van der Waals surface area contributed by atoms with E-state index in [2.05, 4.69) is 29.2 Å². The molecule has 2 N–H and O–H groups in total. The predicted octanol–water partition coefficient (Wildman–Crippen LogP) is 6.12. The molecule has 2 aliphatic carbocycles. The molecule has 0 bridgehead atoms. The molecule has 6 nitrogen and oxygen atoms in total. The van der Waals surface area contributed by atoms with Crippen molar-refractivity contribution in [2.75, 3.05) is 20.6 Å². The van der Waals surface area contributed by atoms with E-state index in [0.29, 0.717) is 29.3 Å². The number of halogens is 1. The third kappa shape index (κ3) is 5.90. The van der Waals surface area contributed by atoms with Crippen LogP contribution in [0.25, 0.3) is 16.6 Å². The van der Waals surface area contributed by atoms with E-state index >= 15 is 0 Å². The highest BCUT2D eigenvalue weighted by molar-refractivity contribution is 5.99. The fraction of sp³-hybridized carbons (Fsp3) is 0.562. The van der Waals surface area contributed by atoms with Gasteiger partial charge in [0.25, 0.3) is 5.91 Å². The van der Waals surface area contributed by atoms with Gasteiger partial charge in [0.2, 0.25) is 0 Å². The van der Waals surface area contributed by atoms with Gasteiger partial charge in [-0.15, -0.1) is 0 Å². The summed E-state index contributed by atoms with van der Waals surface area (Å²) in [5.74, 6) is 0.634. The summed E-state index contributed by atoms with van der Waals surface area (Å²) >= 11 is 0. The van der Waals surface area contributed by atoms with Crippen LogP contribution in [0, 0.1) is 11.7 Å². The molecule has 0 spiro atoms. The fourth-order valence-electron chi connectivity index (χ4n) is 6.69. The molecule has 7 heteroatoms. The molecule has 1 amide bonds. The van der Waals surface area contributed by atoms with Crippen LogP contribution < -0.4 is 5.73 Å². The molecular weight excluding hydrogens is 489 g/mol. The average molecular weight is 534 g/mol. The molecule has 0 aliphatic heterocycles. The van der Waals surface area contributed by atoms with E-state index in [-0.39, 0.29) is 11.9 Å². The van der Waals surface area contributed by atoms with Gasteiger partial charge in [-0.25, -0.2) is 4.39 Å². The number of carbonyl (C=O) groups excluding carboxylic acids is 1. The lowest BCUT2D eigenvalue weighted by Gasteiger charge is -2.37. The summed E-state index contributed by atoms with van der Waals surface area (Å²) < 4.78 is 16.4. The third-order valence-electron chi connectivity index (χ3n) is 9.38. The van der Waals surface area contributed by atoms with Gasteiger partial charge in [0.1, 0.15) is 5.82 Å². The van der Waals surface area contributed by atoms with Crippen LogP contribution in [0.3, 0.4) is 0 Å². The van der Waals surface area contributed by atoms with Crippen LogP contribution in [0.1, 0.15) is 87.1 Å². The van der Waals surface area contributed by atoms with Gasteiger partial charge in [0.05, 0.1) is 23.0 Å². The normalized spacial score (nSPS) is 24.0. The van der Waals surface area contributed by atoms with Gasteiger partial charge in [-0.3, -0.25) is 9.78 Å². The summed E-state index contributed by atoms with van der Waals surface area (Å²) in [7, 11) is 4.07. The Bertz CT molecular complexity index is 1290. The van der Waals surface area contributed by atoms with Gasteiger partial charge in [0.15, 0.2) is 0 Å². The summed E-state index contributed by atoms with van der Waals surface area (Å²) in [4.78, 5) is 22.0. The minimum Gasteiger partial charge on any atom is -0.339 e. The van der Waals surface area contributed by atoms with Crippen LogP contribution in [0.4, 0.5) is 4.39 Å². The molecule has 0 atom stereocenters. The molecule has 0 unspecified atom stereocenters. The maximum Gasteiger partial charge on any atom is 0.256 e. The van der Waals surface area contributed by atoms with E-state index in [1.54, 1.807) is 18.0 Å². The van der Waals surface area contributed by atoms with Crippen LogP contribution in [-0.4, -0.2) is 64.0 Å². The summed E-state index contributed by atoms with van der Waals surface area (Å²) in [5, 5.41) is 1.17.